The molecule has 0 fully saturated rings. The third-order valence-corrected chi connectivity index (χ3v) is 3.37. The molecule has 0 atom stereocenters. The van der Waals surface area contributed by atoms with Crippen LogP contribution in [-0.2, 0) is 11.2 Å². The van der Waals surface area contributed by atoms with E-state index in [2.05, 4.69) is 4.98 Å². The number of esters is 1. The van der Waals surface area contributed by atoms with Crippen molar-refractivity contribution in [1.29, 1.82) is 0 Å². The molecule has 0 amide bonds. The summed E-state index contributed by atoms with van der Waals surface area (Å²) < 4.78 is 4.94. The summed E-state index contributed by atoms with van der Waals surface area (Å²) in [5, 5.41) is 10.8. The lowest BCUT2D eigenvalue weighted by Crippen LogP contribution is -2.13. The number of carbonyl (C=O) groups excluding carboxylic acids is 1. The van der Waals surface area contributed by atoms with Gasteiger partial charge in [-0.2, -0.15) is 0 Å². The van der Waals surface area contributed by atoms with Gasteiger partial charge in [0.2, 0.25) is 0 Å². The number of aromatic nitrogens is 1. The van der Waals surface area contributed by atoms with Crippen molar-refractivity contribution in [2.45, 2.75) is 33.1 Å². The van der Waals surface area contributed by atoms with Crippen LogP contribution in [0.15, 0.2) is 23.0 Å². The molecule has 2 rings (SSSR count). The molecule has 0 saturated heterocycles. The minimum Gasteiger partial charge on any atom is -0.507 e. The van der Waals surface area contributed by atoms with Crippen LogP contribution in [0.1, 0.15) is 42.6 Å². The third kappa shape index (κ3) is 3.07. The Kier molecular flexibility index (Phi) is 4.62. The summed E-state index contributed by atoms with van der Waals surface area (Å²) in [6.07, 6.45) is 2.26. The molecule has 0 aliphatic heterocycles. The Bertz CT molecular complexity index is 718. The Morgan fingerprint density at radius 2 is 2.10 bits per heavy atom. The van der Waals surface area contributed by atoms with Crippen LogP contribution < -0.4 is 5.56 Å². The normalized spacial score (nSPS) is 10.8. The number of rotatable bonds is 5. The molecule has 0 aliphatic rings. The van der Waals surface area contributed by atoms with E-state index < -0.39 is 5.97 Å². The molecule has 0 bridgehead atoms. The zero-order chi connectivity index (χ0) is 15.4. The first-order valence-corrected chi connectivity index (χ1v) is 7.13. The van der Waals surface area contributed by atoms with Crippen molar-refractivity contribution in [3.8, 4) is 5.75 Å². The van der Waals surface area contributed by atoms with E-state index in [-0.39, 0.29) is 17.9 Å². The number of nitrogens with one attached hydrogen (secondary N) is 1. The molecular formula is C16H19NO4. The van der Waals surface area contributed by atoms with E-state index >= 15 is 0 Å². The summed E-state index contributed by atoms with van der Waals surface area (Å²) in [5.41, 5.74) is 0.946. The maximum Gasteiger partial charge on any atom is 0.338 e. The van der Waals surface area contributed by atoms with Gasteiger partial charge >= 0.3 is 5.97 Å². The number of H-pyrrole nitrogens is 1. The van der Waals surface area contributed by atoms with Crippen LogP contribution in [0.2, 0.25) is 0 Å². The van der Waals surface area contributed by atoms with Crippen LogP contribution in [0, 0.1) is 0 Å². The molecular weight excluding hydrogens is 270 g/mol. The summed E-state index contributed by atoms with van der Waals surface area (Å²) >= 11 is 0. The number of hydrogen-bond acceptors (Lipinski definition) is 4. The molecule has 0 saturated carbocycles. The second kappa shape index (κ2) is 6.43. The minimum atomic E-state index is -0.444. The lowest BCUT2D eigenvalue weighted by atomic mass is 10.0. The van der Waals surface area contributed by atoms with Gasteiger partial charge in [0.05, 0.1) is 23.3 Å². The minimum absolute atomic E-state index is 0.0478. The summed E-state index contributed by atoms with van der Waals surface area (Å²) in [5.74, 6) is -0.492. The largest absolute Gasteiger partial charge is 0.507 e. The highest BCUT2D eigenvalue weighted by atomic mass is 16.5. The predicted octanol–water partition coefficient (Wildman–Crippen LogP) is 2.75. The molecule has 1 heterocycles. The Morgan fingerprint density at radius 1 is 1.33 bits per heavy atom. The first-order chi connectivity index (χ1) is 10.1. The topological polar surface area (TPSA) is 79.4 Å². The van der Waals surface area contributed by atoms with Crippen molar-refractivity contribution in [2.24, 2.45) is 0 Å². The molecule has 5 nitrogen and oxygen atoms in total. The van der Waals surface area contributed by atoms with E-state index in [1.807, 2.05) is 6.92 Å². The number of carbonyl (C=O) groups is 1. The van der Waals surface area contributed by atoms with Gasteiger partial charge in [-0.05, 0) is 38.0 Å². The fraction of sp³-hybridized carbons (Fsp3) is 0.375. The Hall–Kier alpha value is -2.30. The summed E-state index contributed by atoms with van der Waals surface area (Å²) in [6, 6.07) is 4.72. The predicted molar refractivity (Wildman–Crippen MR) is 80.8 cm³/mol. The van der Waals surface area contributed by atoms with Gasteiger partial charge in [0.1, 0.15) is 5.75 Å². The van der Waals surface area contributed by atoms with E-state index in [1.54, 1.807) is 25.1 Å². The number of pyridine rings is 1. The molecule has 2 N–H and O–H groups in total. The number of aromatic amines is 1. The second-order valence-electron chi connectivity index (χ2n) is 4.87. The van der Waals surface area contributed by atoms with Gasteiger partial charge in [0.15, 0.2) is 0 Å². The number of hydrogen-bond donors (Lipinski definition) is 2. The van der Waals surface area contributed by atoms with E-state index in [9.17, 15) is 14.7 Å². The quantitative estimate of drug-likeness (QED) is 0.829. The summed E-state index contributed by atoms with van der Waals surface area (Å²) in [6.45, 7) is 4.04. The zero-order valence-corrected chi connectivity index (χ0v) is 12.2. The lowest BCUT2D eigenvalue weighted by Gasteiger charge is -2.08. The van der Waals surface area contributed by atoms with Crippen LogP contribution in [0.25, 0.3) is 10.9 Å². The van der Waals surface area contributed by atoms with Crippen LogP contribution in [-0.4, -0.2) is 22.7 Å². The Morgan fingerprint density at radius 3 is 2.76 bits per heavy atom. The smallest absolute Gasteiger partial charge is 0.338 e. The van der Waals surface area contributed by atoms with Crippen LogP contribution >= 0.6 is 0 Å². The van der Waals surface area contributed by atoms with Crippen molar-refractivity contribution in [3.05, 3.63) is 39.7 Å². The van der Waals surface area contributed by atoms with Crippen LogP contribution in [0.4, 0.5) is 0 Å². The Balaban J connectivity index is 2.54. The maximum atomic E-state index is 12.0. The number of fused-ring (bicyclic) bond motifs is 1. The van der Waals surface area contributed by atoms with Gasteiger partial charge < -0.3 is 14.8 Å². The fourth-order valence-corrected chi connectivity index (χ4v) is 2.24. The number of aromatic hydroxyl groups is 1. The SMILES string of the molecule is CCCCc1c(O)c2cc(C(=O)OCC)ccc2[nH]c1=O. The third-order valence-electron chi connectivity index (χ3n) is 3.37. The molecule has 0 radical (unpaired) electrons. The number of unbranched alkanes of at least 4 members (excludes halogenated alkanes) is 1. The molecule has 5 heteroatoms. The highest BCUT2D eigenvalue weighted by Crippen LogP contribution is 2.27. The van der Waals surface area contributed by atoms with E-state index in [4.69, 9.17) is 4.74 Å². The van der Waals surface area contributed by atoms with Gasteiger partial charge in [0.25, 0.3) is 5.56 Å². The van der Waals surface area contributed by atoms with Crippen molar-refractivity contribution >= 4 is 16.9 Å². The maximum absolute atomic E-state index is 12.0. The molecule has 112 valence electrons. The van der Waals surface area contributed by atoms with Gasteiger partial charge in [0, 0.05) is 5.39 Å². The fourth-order valence-electron chi connectivity index (χ4n) is 2.24. The lowest BCUT2D eigenvalue weighted by molar-refractivity contribution is 0.0526. The Labute approximate surface area is 122 Å². The average Bonchev–Trinajstić information content (AvgIpc) is 2.47. The monoisotopic (exact) mass is 289 g/mol. The molecule has 1 aromatic carbocycles. The van der Waals surface area contributed by atoms with Crippen molar-refractivity contribution in [2.75, 3.05) is 6.61 Å². The first kappa shape index (κ1) is 15.1. The molecule has 0 aliphatic carbocycles. The summed E-state index contributed by atoms with van der Waals surface area (Å²) in [7, 11) is 0. The van der Waals surface area contributed by atoms with Crippen molar-refractivity contribution in [3.63, 3.8) is 0 Å². The standard InChI is InChI=1S/C16H19NO4/c1-3-5-6-11-14(18)12-9-10(16(20)21-4-2)7-8-13(12)17-15(11)19/h7-9H,3-6H2,1-2H3,(H2,17,18,19). The van der Waals surface area contributed by atoms with Crippen LogP contribution in [0.3, 0.4) is 0 Å². The average molecular weight is 289 g/mol. The number of ether oxygens (including phenoxy) is 1. The molecule has 0 spiro atoms. The summed E-state index contributed by atoms with van der Waals surface area (Å²) in [4.78, 5) is 26.5. The van der Waals surface area contributed by atoms with Crippen LogP contribution in [0.5, 0.6) is 5.75 Å². The van der Waals surface area contributed by atoms with Gasteiger partial charge in [-0.1, -0.05) is 13.3 Å². The highest BCUT2D eigenvalue weighted by molar-refractivity contribution is 5.96. The van der Waals surface area contributed by atoms with Gasteiger partial charge in [-0.15, -0.1) is 0 Å². The van der Waals surface area contributed by atoms with Gasteiger partial charge in [-0.3, -0.25) is 4.79 Å². The second-order valence-corrected chi connectivity index (χ2v) is 4.87. The van der Waals surface area contributed by atoms with E-state index in [0.29, 0.717) is 28.5 Å². The van der Waals surface area contributed by atoms with Gasteiger partial charge in [-0.25, -0.2) is 4.79 Å². The molecule has 0 unspecified atom stereocenters. The molecule has 2 aromatic rings. The highest BCUT2D eigenvalue weighted by Gasteiger charge is 2.14. The number of benzene rings is 1. The zero-order valence-electron chi connectivity index (χ0n) is 12.2. The van der Waals surface area contributed by atoms with E-state index in [0.717, 1.165) is 12.8 Å². The molecule has 21 heavy (non-hydrogen) atoms. The molecule has 1 aromatic heterocycles. The van der Waals surface area contributed by atoms with Crippen molar-refractivity contribution in [1.82, 2.24) is 4.98 Å². The van der Waals surface area contributed by atoms with E-state index in [1.165, 1.54) is 0 Å². The van der Waals surface area contributed by atoms with Crippen molar-refractivity contribution < 1.29 is 14.6 Å². The first-order valence-electron chi connectivity index (χ1n) is 7.13.